The van der Waals surface area contributed by atoms with Crippen molar-refractivity contribution in [2.45, 2.75) is 26.4 Å². The van der Waals surface area contributed by atoms with Crippen molar-refractivity contribution in [2.75, 3.05) is 6.79 Å². The van der Waals surface area contributed by atoms with E-state index in [0.29, 0.717) is 24.0 Å². The number of thiophene rings is 1. The highest BCUT2D eigenvalue weighted by atomic mass is 32.1. The molecule has 0 radical (unpaired) electrons. The maximum Gasteiger partial charge on any atom is 0.231 e. The molecule has 0 fully saturated rings. The molecular weight excluding hydrogens is 286 g/mol. The highest BCUT2D eigenvalue weighted by molar-refractivity contribution is 7.10. The van der Waals surface area contributed by atoms with Gasteiger partial charge in [0.2, 0.25) is 6.79 Å². The Hall–Kier alpha value is -1.72. The van der Waals surface area contributed by atoms with Gasteiger partial charge in [-0.1, -0.05) is 19.9 Å². The van der Waals surface area contributed by atoms with Crippen LogP contribution in [0.1, 0.15) is 30.3 Å². The fraction of sp³-hybridized carbons (Fsp3) is 0.375. The second-order valence-corrected chi connectivity index (χ2v) is 6.43. The molecule has 0 spiro atoms. The van der Waals surface area contributed by atoms with E-state index in [1.165, 1.54) is 4.88 Å². The van der Waals surface area contributed by atoms with Crippen LogP contribution in [0.4, 0.5) is 0 Å². The highest BCUT2D eigenvalue weighted by Gasteiger charge is 2.20. The lowest BCUT2D eigenvalue weighted by molar-refractivity contribution is 0.174. The van der Waals surface area contributed by atoms with Crippen molar-refractivity contribution < 1.29 is 14.6 Å². The van der Waals surface area contributed by atoms with Gasteiger partial charge in [0.1, 0.15) is 5.75 Å². The van der Waals surface area contributed by atoms with Crippen LogP contribution >= 0.6 is 11.3 Å². The average molecular weight is 305 g/mol. The summed E-state index contributed by atoms with van der Waals surface area (Å²) < 4.78 is 10.6. The zero-order chi connectivity index (χ0) is 14.8. The summed E-state index contributed by atoms with van der Waals surface area (Å²) in [5, 5.41) is 15.7. The Morgan fingerprint density at radius 2 is 2.05 bits per heavy atom. The fourth-order valence-corrected chi connectivity index (χ4v) is 3.44. The Labute approximate surface area is 128 Å². The summed E-state index contributed by atoms with van der Waals surface area (Å²) in [5.41, 5.74) is 0.821. The highest BCUT2D eigenvalue weighted by Crippen LogP contribution is 2.38. The number of fused-ring (bicyclic) bond motifs is 1. The Morgan fingerprint density at radius 3 is 2.71 bits per heavy atom. The lowest BCUT2D eigenvalue weighted by Crippen LogP contribution is -2.24. The van der Waals surface area contributed by atoms with E-state index in [1.54, 1.807) is 17.4 Å². The van der Waals surface area contributed by atoms with Crippen LogP contribution in [0.15, 0.2) is 29.6 Å². The van der Waals surface area contributed by atoms with Gasteiger partial charge in [-0.15, -0.1) is 11.3 Å². The van der Waals surface area contributed by atoms with Crippen molar-refractivity contribution in [2.24, 2.45) is 5.92 Å². The zero-order valence-corrected chi connectivity index (χ0v) is 12.9. The monoisotopic (exact) mass is 305 g/mol. The van der Waals surface area contributed by atoms with Crippen LogP contribution < -0.4 is 14.8 Å². The van der Waals surface area contributed by atoms with E-state index in [-0.39, 0.29) is 18.6 Å². The van der Waals surface area contributed by atoms with Crippen molar-refractivity contribution in [1.29, 1.82) is 0 Å². The van der Waals surface area contributed by atoms with Gasteiger partial charge in [-0.05, 0) is 23.4 Å². The molecule has 1 aliphatic heterocycles. The number of ether oxygens (including phenoxy) is 2. The van der Waals surface area contributed by atoms with E-state index in [1.807, 2.05) is 6.07 Å². The van der Waals surface area contributed by atoms with Crippen LogP contribution in [0.2, 0.25) is 0 Å². The number of hydrogen-bond donors (Lipinski definition) is 2. The van der Waals surface area contributed by atoms with Gasteiger partial charge in [-0.25, -0.2) is 0 Å². The number of benzene rings is 1. The summed E-state index contributed by atoms with van der Waals surface area (Å²) in [6.45, 7) is 5.19. The largest absolute Gasteiger partial charge is 0.507 e. The lowest BCUT2D eigenvalue weighted by atomic mass is 10.0. The molecule has 2 aromatic rings. The number of aromatic hydroxyl groups is 1. The topological polar surface area (TPSA) is 50.7 Å². The van der Waals surface area contributed by atoms with Gasteiger partial charge in [0.05, 0.1) is 0 Å². The third kappa shape index (κ3) is 2.99. The molecule has 1 aromatic heterocycles. The molecule has 0 saturated carbocycles. The van der Waals surface area contributed by atoms with Crippen molar-refractivity contribution in [3.8, 4) is 17.2 Å². The molecule has 4 nitrogen and oxygen atoms in total. The molecule has 3 rings (SSSR count). The van der Waals surface area contributed by atoms with E-state index < -0.39 is 0 Å². The summed E-state index contributed by atoms with van der Waals surface area (Å²) in [6.07, 6.45) is 0. The van der Waals surface area contributed by atoms with Crippen LogP contribution in [-0.2, 0) is 6.54 Å². The molecule has 0 aliphatic carbocycles. The molecule has 21 heavy (non-hydrogen) atoms. The van der Waals surface area contributed by atoms with Crippen LogP contribution in [0.5, 0.6) is 17.2 Å². The normalized spacial score (nSPS) is 14.6. The van der Waals surface area contributed by atoms with E-state index in [2.05, 4.69) is 36.7 Å². The molecule has 0 amide bonds. The number of phenols is 1. The van der Waals surface area contributed by atoms with E-state index in [9.17, 15) is 5.11 Å². The van der Waals surface area contributed by atoms with Gasteiger partial charge in [0, 0.05) is 29.1 Å². The molecule has 1 aliphatic rings. The van der Waals surface area contributed by atoms with Gasteiger partial charge in [0.25, 0.3) is 0 Å². The van der Waals surface area contributed by atoms with Gasteiger partial charge in [-0.3, -0.25) is 0 Å². The van der Waals surface area contributed by atoms with Gasteiger partial charge >= 0.3 is 0 Å². The maximum absolute atomic E-state index is 10.1. The standard InChI is InChI=1S/C16H19NO3S/c1-10(2)16(15-4-3-5-21-15)17-8-11-6-13-14(7-12(11)18)20-9-19-13/h3-7,10,16-18H,8-9H2,1-2H3. The molecular formula is C16H19NO3S. The smallest absolute Gasteiger partial charge is 0.231 e. The Morgan fingerprint density at radius 1 is 1.29 bits per heavy atom. The maximum atomic E-state index is 10.1. The molecule has 2 N–H and O–H groups in total. The minimum absolute atomic E-state index is 0.218. The Balaban J connectivity index is 1.75. The number of hydrogen-bond acceptors (Lipinski definition) is 5. The van der Waals surface area contributed by atoms with Crippen LogP contribution in [0.25, 0.3) is 0 Å². The van der Waals surface area contributed by atoms with Crippen molar-refractivity contribution in [3.05, 3.63) is 40.1 Å². The molecule has 112 valence electrons. The molecule has 0 bridgehead atoms. The molecule has 0 saturated heterocycles. The van der Waals surface area contributed by atoms with Crippen LogP contribution in [-0.4, -0.2) is 11.9 Å². The van der Waals surface area contributed by atoms with E-state index in [4.69, 9.17) is 9.47 Å². The number of rotatable bonds is 5. The summed E-state index contributed by atoms with van der Waals surface area (Å²) in [4.78, 5) is 1.31. The minimum Gasteiger partial charge on any atom is -0.507 e. The summed E-state index contributed by atoms with van der Waals surface area (Å²) >= 11 is 1.75. The second-order valence-electron chi connectivity index (χ2n) is 5.45. The van der Waals surface area contributed by atoms with Crippen molar-refractivity contribution in [1.82, 2.24) is 5.32 Å². The molecule has 1 atom stereocenters. The quantitative estimate of drug-likeness (QED) is 0.885. The SMILES string of the molecule is CC(C)C(NCc1cc2c(cc1O)OCO2)c1cccs1. The Bertz CT molecular complexity index is 610. The summed E-state index contributed by atoms with van der Waals surface area (Å²) in [7, 11) is 0. The molecule has 5 heteroatoms. The third-order valence-corrected chi connectivity index (χ3v) is 4.56. The predicted octanol–water partition coefficient (Wildman–Crippen LogP) is 3.67. The number of nitrogens with one attached hydrogen (secondary N) is 1. The molecule has 1 aromatic carbocycles. The van der Waals surface area contributed by atoms with Gasteiger partial charge in [-0.2, -0.15) is 0 Å². The van der Waals surface area contributed by atoms with Crippen molar-refractivity contribution >= 4 is 11.3 Å². The first-order valence-corrected chi connectivity index (χ1v) is 7.91. The molecule has 1 unspecified atom stereocenters. The summed E-state index contributed by atoms with van der Waals surface area (Å²) in [6, 6.07) is 7.94. The zero-order valence-electron chi connectivity index (χ0n) is 12.1. The predicted molar refractivity (Wildman–Crippen MR) is 83.0 cm³/mol. The van der Waals surface area contributed by atoms with Gasteiger partial charge < -0.3 is 19.9 Å². The third-order valence-electron chi connectivity index (χ3n) is 3.60. The van der Waals surface area contributed by atoms with E-state index in [0.717, 1.165) is 5.56 Å². The van der Waals surface area contributed by atoms with Crippen molar-refractivity contribution in [3.63, 3.8) is 0 Å². The molecule has 2 heterocycles. The van der Waals surface area contributed by atoms with Crippen LogP contribution in [0, 0.1) is 5.92 Å². The average Bonchev–Trinajstić information content (AvgIpc) is 3.09. The van der Waals surface area contributed by atoms with Crippen LogP contribution in [0.3, 0.4) is 0 Å². The van der Waals surface area contributed by atoms with Gasteiger partial charge in [0.15, 0.2) is 11.5 Å². The first-order valence-electron chi connectivity index (χ1n) is 7.03. The first-order chi connectivity index (χ1) is 10.1. The van der Waals surface area contributed by atoms with E-state index >= 15 is 0 Å². The minimum atomic E-state index is 0.218. The number of phenolic OH excluding ortho intramolecular Hbond substituents is 1. The summed E-state index contributed by atoms with van der Waals surface area (Å²) in [5.74, 6) is 2.01. The first kappa shape index (κ1) is 14.2. The Kier molecular flexibility index (Phi) is 4.03. The second kappa shape index (κ2) is 5.95. The lowest BCUT2D eigenvalue weighted by Gasteiger charge is -2.21. The fourth-order valence-electron chi connectivity index (χ4n) is 2.47.